The Bertz CT molecular complexity index is 343. The third kappa shape index (κ3) is 3.70. The highest BCUT2D eigenvalue weighted by atomic mass is 16.4. The Kier molecular flexibility index (Phi) is 4.55. The summed E-state index contributed by atoms with van der Waals surface area (Å²) in [5.74, 6) is 1.37. The molecule has 0 aliphatic heterocycles. The van der Waals surface area contributed by atoms with Crippen molar-refractivity contribution in [2.24, 2.45) is 11.7 Å². The fraction of sp³-hybridized carbons (Fsp3) is 0.583. The van der Waals surface area contributed by atoms with Gasteiger partial charge in [-0.3, -0.25) is 4.79 Å². The maximum atomic E-state index is 11.6. The molecular formula is C12H20N2O2. The number of nitrogens with two attached hydrogens (primary N) is 1. The summed E-state index contributed by atoms with van der Waals surface area (Å²) in [6.07, 6.45) is 0.965. The first-order valence-electron chi connectivity index (χ1n) is 5.64. The van der Waals surface area contributed by atoms with Crippen LogP contribution in [-0.2, 0) is 0 Å². The van der Waals surface area contributed by atoms with Crippen LogP contribution >= 0.6 is 0 Å². The highest BCUT2D eigenvalue weighted by molar-refractivity contribution is 5.91. The fourth-order valence-corrected chi connectivity index (χ4v) is 1.28. The van der Waals surface area contributed by atoms with E-state index in [9.17, 15) is 4.79 Å². The van der Waals surface area contributed by atoms with Gasteiger partial charge in [-0.1, -0.05) is 13.8 Å². The van der Waals surface area contributed by atoms with Crippen molar-refractivity contribution in [1.29, 1.82) is 0 Å². The highest BCUT2D eigenvalue weighted by Crippen LogP contribution is 2.13. The molecule has 1 atom stereocenters. The first-order chi connectivity index (χ1) is 7.50. The van der Waals surface area contributed by atoms with E-state index in [0.29, 0.717) is 24.0 Å². The van der Waals surface area contributed by atoms with Gasteiger partial charge >= 0.3 is 0 Å². The van der Waals surface area contributed by atoms with Crippen molar-refractivity contribution in [3.8, 4) is 0 Å². The second kappa shape index (κ2) is 5.70. The van der Waals surface area contributed by atoms with E-state index in [1.165, 1.54) is 0 Å². The molecule has 16 heavy (non-hydrogen) atoms. The Labute approximate surface area is 96.2 Å². The van der Waals surface area contributed by atoms with E-state index >= 15 is 0 Å². The van der Waals surface area contributed by atoms with Crippen LogP contribution in [0.15, 0.2) is 16.5 Å². The van der Waals surface area contributed by atoms with E-state index in [4.69, 9.17) is 10.2 Å². The van der Waals surface area contributed by atoms with Crippen molar-refractivity contribution in [3.05, 3.63) is 23.7 Å². The number of nitrogens with one attached hydrogen (secondary N) is 1. The van der Waals surface area contributed by atoms with Crippen molar-refractivity contribution in [1.82, 2.24) is 5.32 Å². The first-order valence-corrected chi connectivity index (χ1v) is 5.64. The predicted molar refractivity (Wildman–Crippen MR) is 63.1 cm³/mol. The molecule has 0 saturated carbocycles. The molecule has 1 unspecified atom stereocenters. The second-order valence-corrected chi connectivity index (χ2v) is 4.43. The smallest absolute Gasteiger partial charge is 0.286 e. The van der Waals surface area contributed by atoms with Crippen LogP contribution in [0.5, 0.6) is 0 Å². The summed E-state index contributed by atoms with van der Waals surface area (Å²) in [6.45, 7) is 6.73. The summed E-state index contributed by atoms with van der Waals surface area (Å²) in [4.78, 5) is 11.6. The van der Waals surface area contributed by atoms with Gasteiger partial charge in [0.1, 0.15) is 5.76 Å². The zero-order chi connectivity index (χ0) is 12.1. The van der Waals surface area contributed by atoms with Crippen LogP contribution in [0.1, 0.15) is 49.5 Å². The van der Waals surface area contributed by atoms with Gasteiger partial charge in [0, 0.05) is 6.54 Å². The van der Waals surface area contributed by atoms with Gasteiger partial charge in [0.2, 0.25) is 0 Å². The summed E-state index contributed by atoms with van der Waals surface area (Å²) in [7, 11) is 0. The standard InChI is InChI=1S/C12H20N2O2/c1-8(2)6-7-14-12(15)11-5-4-10(16-11)9(3)13/h4-5,8-9H,6-7,13H2,1-3H3,(H,14,15). The lowest BCUT2D eigenvalue weighted by atomic mass is 10.1. The van der Waals surface area contributed by atoms with Crippen LogP contribution in [0.25, 0.3) is 0 Å². The summed E-state index contributed by atoms with van der Waals surface area (Å²) in [6, 6.07) is 3.21. The van der Waals surface area contributed by atoms with Gasteiger partial charge in [0.25, 0.3) is 5.91 Å². The van der Waals surface area contributed by atoms with Crippen molar-refractivity contribution in [3.63, 3.8) is 0 Å². The molecule has 0 radical (unpaired) electrons. The molecule has 1 amide bonds. The molecule has 0 bridgehead atoms. The van der Waals surface area contributed by atoms with E-state index in [2.05, 4.69) is 19.2 Å². The van der Waals surface area contributed by atoms with E-state index in [1.807, 2.05) is 6.92 Å². The van der Waals surface area contributed by atoms with Gasteiger partial charge in [-0.05, 0) is 31.4 Å². The van der Waals surface area contributed by atoms with E-state index in [0.717, 1.165) is 6.42 Å². The molecule has 0 fully saturated rings. The lowest BCUT2D eigenvalue weighted by molar-refractivity contribution is 0.0922. The van der Waals surface area contributed by atoms with Crippen molar-refractivity contribution in [2.45, 2.75) is 33.2 Å². The van der Waals surface area contributed by atoms with E-state index in [1.54, 1.807) is 12.1 Å². The summed E-state index contributed by atoms with van der Waals surface area (Å²) in [5, 5.41) is 2.81. The molecule has 1 heterocycles. The second-order valence-electron chi connectivity index (χ2n) is 4.43. The number of rotatable bonds is 5. The number of carbonyl (C=O) groups excluding carboxylic acids is 1. The van der Waals surface area contributed by atoms with Gasteiger partial charge < -0.3 is 15.5 Å². The first kappa shape index (κ1) is 12.8. The van der Waals surface area contributed by atoms with Crippen LogP contribution in [0.4, 0.5) is 0 Å². The quantitative estimate of drug-likeness (QED) is 0.804. The molecule has 0 aliphatic carbocycles. The maximum absolute atomic E-state index is 11.6. The molecule has 0 spiro atoms. The molecular weight excluding hydrogens is 204 g/mol. The molecule has 1 rings (SSSR count). The van der Waals surface area contributed by atoms with Gasteiger partial charge in [-0.15, -0.1) is 0 Å². The number of carbonyl (C=O) groups is 1. The van der Waals surface area contributed by atoms with Gasteiger partial charge in [-0.25, -0.2) is 0 Å². The number of hydrogen-bond acceptors (Lipinski definition) is 3. The van der Waals surface area contributed by atoms with Gasteiger partial charge in [-0.2, -0.15) is 0 Å². The average molecular weight is 224 g/mol. The largest absolute Gasteiger partial charge is 0.454 e. The van der Waals surface area contributed by atoms with Gasteiger partial charge in [0.05, 0.1) is 6.04 Å². The molecule has 3 N–H and O–H groups in total. The highest BCUT2D eigenvalue weighted by Gasteiger charge is 2.12. The zero-order valence-corrected chi connectivity index (χ0v) is 10.1. The third-order valence-electron chi connectivity index (χ3n) is 2.31. The molecule has 0 aromatic carbocycles. The van der Waals surface area contributed by atoms with Crippen molar-refractivity contribution >= 4 is 5.91 Å². The summed E-state index contributed by atoms with van der Waals surface area (Å²) >= 11 is 0. The minimum absolute atomic E-state index is 0.174. The maximum Gasteiger partial charge on any atom is 0.286 e. The Morgan fingerprint density at radius 3 is 2.62 bits per heavy atom. The Hall–Kier alpha value is -1.29. The number of furan rings is 1. The van der Waals surface area contributed by atoms with E-state index in [-0.39, 0.29) is 11.9 Å². The molecule has 4 heteroatoms. The Balaban J connectivity index is 2.46. The fourth-order valence-electron chi connectivity index (χ4n) is 1.28. The minimum atomic E-state index is -0.183. The summed E-state index contributed by atoms with van der Waals surface area (Å²) < 4.78 is 5.33. The lowest BCUT2D eigenvalue weighted by Crippen LogP contribution is -2.24. The molecule has 90 valence electrons. The normalized spacial score (nSPS) is 12.8. The molecule has 4 nitrogen and oxygen atoms in total. The number of amides is 1. The van der Waals surface area contributed by atoms with Crippen molar-refractivity contribution < 1.29 is 9.21 Å². The lowest BCUT2D eigenvalue weighted by Gasteiger charge is -2.05. The SMILES string of the molecule is CC(C)CCNC(=O)c1ccc(C(C)N)o1. The molecule has 0 aliphatic rings. The predicted octanol–water partition coefficient (Wildman–Crippen LogP) is 2.08. The van der Waals surface area contributed by atoms with Crippen molar-refractivity contribution in [2.75, 3.05) is 6.54 Å². The zero-order valence-electron chi connectivity index (χ0n) is 10.1. The average Bonchev–Trinajstić information content (AvgIpc) is 2.65. The monoisotopic (exact) mass is 224 g/mol. The summed E-state index contributed by atoms with van der Waals surface area (Å²) in [5.41, 5.74) is 5.64. The molecule has 0 saturated heterocycles. The van der Waals surface area contributed by atoms with Crippen LogP contribution in [0.3, 0.4) is 0 Å². The van der Waals surface area contributed by atoms with Crippen LogP contribution in [0.2, 0.25) is 0 Å². The Morgan fingerprint density at radius 1 is 1.44 bits per heavy atom. The van der Waals surface area contributed by atoms with Crippen LogP contribution in [0, 0.1) is 5.92 Å². The molecule has 1 aromatic heterocycles. The van der Waals surface area contributed by atoms with E-state index < -0.39 is 0 Å². The van der Waals surface area contributed by atoms with Crippen LogP contribution < -0.4 is 11.1 Å². The topological polar surface area (TPSA) is 68.3 Å². The van der Waals surface area contributed by atoms with Crippen LogP contribution in [-0.4, -0.2) is 12.5 Å². The molecule has 1 aromatic rings. The third-order valence-corrected chi connectivity index (χ3v) is 2.31. The Morgan fingerprint density at radius 2 is 2.12 bits per heavy atom. The minimum Gasteiger partial charge on any atom is -0.454 e. The number of hydrogen-bond donors (Lipinski definition) is 2. The van der Waals surface area contributed by atoms with Gasteiger partial charge in [0.15, 0.2) is 5.76 Å².